The molecule has 0 bridgehead atoms. The molecule has 0 atom stereocenters. The first-order valence-corrected chi connectivity index (χ1v) is 6.69. The maximum Gasteiger partial charge on any atom is 0.127 e. The standard InChI is InChI=1S/C14H18ClNO/c1-14(3-4-14)9-16-8-11-7-12(15)6-10-2-5-17-13(10)11/h6-7,16H,2-5,8-9H2,1H3. The summed E-state index contributed by atoms with van der Waals surface area (Å²) < 4.78 is 5.68. The van der Waals surface area contributed by atoms with Crippen LogP contribution in [0.15, 0.2) is 12.1 Å². The molecule has 17 heavy (non-hydrogen) atoms. The Hall–Kier alpha value is -0.730. The van der Waals surface area contributed by atoms with Gasteiger partial charge in [-0.25, -0.2) is 0 Å². The van der Waals surface area contributed by atoms with E-state index in [1.807, 2.05) is 12.1 Å². The number of hydrogen-bond acceptors (Lipinski definition) is 2. The second-order valence-corrected chi connectivity index (χ2v) is 6.00. The zero-order chi connectivity index (χ0) is 11.9. The summed E-state index contributed by atoms with van der Waals surface area (Å²) in [5, 5.41) is 4.35. The minimum atomic E-state index is 0.544. The maximum absolute atomic E-state index is 6.13. The molecule has 1 saturated carbocycles. The number of halogens is 1. The van der Waals surface area contributed by atoms with E-state index in [0.29, 0.717) is 5.41 Å². The quantitative estimate of drug-likeness (QED) is 0.888. The van der Waals surface area contributed by atoms with E-state index in [1.54, 1.807) is 0 Å². The van der Waals surface area contributed by atoms with E-state index in [4.69, 9.17) is 16.3 Å². The largest absolute Gasteiger partial charge is 0.493 e. The Kier molecular flexibility index (Phi) is 2.80. The first-order chi connectivity index (χ1) is 8.16. The summed E-state index contributed by atoms with van der Waals surface area (Å²) in [4.78, 5) is 0. The summed E-state index contributed by atoms with van der Waals surface area (Å²) in [7, 11) is 0. The first kappa shape index (κ1) is 11.4. The average molecular weight is 252 g/mol. The third-order valence-electron chi connectivity index (χ3n) is 3.80. The second-order valence-electron chi connectivity index (χ2n) is 5.57. The summed E-state index contributed by atoms with van der Waals surface area (Å²) in [5.74, 6) is 1.06. The monoisotopic (exact) mass is 251 g/mol. The molecule has 1 fully saturated rings. The lowest BCUT2D eigenvalue weighted by Crippen LogP contribution is -2.21. The van der Waals surface area contributed by atoms with E-state index in [0.717, 1.165) is 36.9 Å². The molecule has 2 nitrogen and oxygen atoms in total. The fourth-order valence-electron chi connectivity index (χ4n) is 2.37. The molecule has 3 heteroatoms. The summed E-state index contributed by atoms with van der Waals surface area (Å²) in [6.07, 6.45) is 3.69. The molecule has 1 aromatic carbocycles. The molecule has 2 aliphatic rings. The van der Waals surface area contributed by atoms with Crippen LogP contribution in [-0.4, -0.2) is 13.2 Å². The van der Waals surface area contributed by atoms with Crippen LogP contribution in [0.2, 0.25) is 5.02 Å². The molecule has 1 aliphatic heterocycles. The SMILES string of the molecule is CC1(CNCc2cc(Cl)cc3c2OCC3)CC1. The van der Waals surface area contributed by atoms with Crippen LogP contribution in [0.4, 0.5) is 0 Å². The molecule has 1 aromatic rings. The van der Waals surface area contributed by atoms with Gasteiger partial charge in [0.2, 0.25) is 0 Å². The number of rotatable bonds is 4. The number of fused-ring (bicyclic) bond motifs is 1. The van der Waals surface area contributed by atoms with Crippen molar-refractivity contribution in [2.24, 2.45) is 5.41 Å². The summed E-state index contributed by atoms with van der Waals surface area (Å²) >= 11 is 6.13. The van der Waals surface area contributed by atoms with Gasteiger partial charge in [0.1, 0.15) is 5.75 Å². The van der Waals surface area contributed by atoms with Crippen molar-refractivity contribution in [2.45, 2.75) is 32.7 Å². The predicted molar refractivity (Wildman–Crippen MR) is 69.7 cm³/mol. The van der Waals surface area contributed by atoms with Crippen molar-refractivity contribution in [3.05, 3.63) is 28.3 Å². The normalized spacial score (nSPS) is 19.9. The fourth-order valence-corrected chi connectivity index (χ4v) is 2.63. The maximum atomic E-state index is 6.13. The van der Waals surface area contributed by atoms with Gasteiger partial charge in [-0.1, -0.05) is 18.5 Å². The Morgan fingerprint density at radius 1 is 1.41 bits per heavy atom. The molecule has 0 saturated heterocycles. The van der Waals surface area contributed by atoms with Gasteiger partial charge in [-0.15, -0.1) is 0 Å². The van der Waals surface area contributed by atoms with Gasteiger partial charge in [0.05, 0.1) is 6.61 Å². The van der Waals surface area contributed by atoms with E-state index in [-0.39, 0.29) is 0 Å². The molecule has 3 rings (SSSR count). The van der Waals surface area contributed by atoms with Gasteiger partial charge >= 0.3 is 0 Å². The lowest BCUT2D eigenvalue weighted by atomic mass is 10.1. The van der Waals surface area contributed by atoms with Gasteiger partial charge in [-0.3, -0.25) is 0 Å². The van der Waals surface area contributed by atoms with E-state index in [2.05, 4.69) is 12.2 Å². The number of nitrogens with one attached hydrogen (secondary N) is 1. The number of ether oxygens (including phenoxy) is 1. The minimum absolute atomic E-state index is 0.544. The third-order valence-corrected chi connectivity index (χ3v) is 4.01. The van der Waals surface area contributed by atoms with Crippen LogP contribution < -0.4 is 10.1 Å². The highest BCUT2D eigenvalue weighted by Crippen LogP contribution is 2.44. The Labute approximate surface area is 107 Å². The highest BCUT2D eigenvalue weighted by molar-refractivity contribution is 6.30. The van der Waals surface area contributed by atoms with E-state index < -0.39 is 0 Å². The predicted octanol–water partition coefficient (Wildman–Crippen LogP) is 3.16. The van der Waals surface area contributed by atoms with Crippen molar-refractivity contribution < 1.29 is 4.74 Å². The van der Waals surface area contributed by atoms with E-state index >= 15 is 0 Å². The molecule has 1 aliphatic carbocycles. The lowest BCUT2D eigenvalue weighted by Gasteiger charge is -2.12. The number of benzene rings is 1. The zero-order valence-corrected chi connectivity index (χ0v) is 10.9. The fraction of sp³-hybridized carbons (Fsp3) is 0.571. The van der Waals surface area contributed by atoms with Crippen LogP contribution >= 0.6 is 11.6 Å². The Morgan fingerprint density at radius 2 is 2.24 bits per heavy atom. The number of hydrogen-bond donors (Lipinski definition) is 1. The van der Waals surface area contributed by atoms with Crippen molar-refractivity contribution in [1.82, 2.24) is 5.32 Å². The van der Waals surface area contributed by atoms with Crippen molar-refractivity contribution in [3.63, 3.8) is 0 Å². The molecular formula is C14H18ClNO. The molecule has 1 N–H and O–H groups in total. The van der Waals surface area contributed by atoms with Crippen LogP contribution in [0.3, 0.4) is 0 Å². The van der Waals surface area contributed by atoms with Gasteiger partial charge in [-0.05, 0) is 36.0 Å². The first-order valence-electron chi connectivity index (χ1n) is 6.31. The van der Waals surface area contributed by atoms with Gasteiger partial charge in [-0.2, -0.15) is 0 Å². The summed E-state index contributed by atoms with van der Waals surface area (Å²) in [6, 6.07) is 4.05. The van der Waals surface area contributed by atoms with Crippen LogP contribution in [-0.2, 0) is 13.0 Å². The molecule has 92 valence electrons. The second kappa shape index (κ2) is 4.18. The van der Waals surface area contributed by atoms with Crippen LogP contribution in [0.25, 0.3) is 0 Å². The van der Waals surface area contributed by atoms with Crippen molar-refractivity contribution in [2.75, 3.05) is 13.2 Å². The Balaban J connectivity index is 1.69. The molecule has 0 amide bonds. The van der Waals surface area contributed by atoms with Crippen LogP contribution in [0.5, 0.6) is 5.75 Å². The molecule has 0 spiro atoms. The Bertz CT molecular complexity index is 440. The highest BCUT2D eigenvalue weighted by atomic mass is 35.5. The van der Waals surface area contributed by atoms with Gasteiger partial charge in [0, 0.05) is 30.1 Å². The van der Waals surface area contributed by atoms with Crippen molar-refractivity contribution >= 4 is 11.6 Å². The third kappa shape index (κ3) is 2.43. The highest BCUT2D eigenvalue weighted by Gasteiger charge is 2.36. The lowest BCUT2D eigenvalue weighted by molar-refractivity contribution is 0.351. The minimum Gasteiger partial charge on any atom is -0.493 e. The van der Waals surface area contributed by atoms with Gasteiger partial charge < -0.3 is 10.1 Å². The molecule has 0 unspecified atom stereocenters. The van der Waals surface area contributed by atoms with Crippen LogP contribution in [0, 0.1) is 5.41 Å². The topological polar surface area (TPSA) is 21.3 Å². The molecule has 0 radical (unpaired) electrons. The smallest absolute Gasteiger partial charge is 0.127 e. The summed E-state index contributed by atoms with van der Waals surface area (Å²) in [6.45, 7) is 5.08. The zero-order valence-electron chi connectivity index (χ0n) is 10.2. The Morgan fingerprint density at radius 3 is 3.00 bits per heavy atom. The average Bonchev–Trinajstić information content (AvgIpc) is 2.84. The van der Waals surface area contributed by atoms with E-state index in [9.17, 15) is 0 Å². The summed E-state index contributed by atoms with van der Waals surface area (Å²) in [5.41, 5.74) is 3.00. The molecule has 1 heterocycles. The van der Waals surface area contributed by atoms with Gasteiger partial charge in [0.25, 0.3) is 0 Å². The van der Waals surface area contributed by atoms with Crippen molar-refractivity contribution in [3.8, 4) is 5.75 Å². The van der Waals surface area contributed by atoms with Crippen molar-refractivity contribution in [1.29, 1.82) is 0 Å². The van der Waals surface area contributed by atoms with Crippen LogP contribution in [0.1, 0.15) is 30.9 Å². The molecule has 0 aromatic heterocycles. The van der Waals surface area contributed by atoms with E-state index in [1.165, 1.54) is 24.0 Å². The van der Waals surface area contributed by atoms with Gasteiger partial charge in [0.15, 0.2) is 0 Å². The molecular weight excluding hydrogens is 234 g/mol.